The first kappa shape index (κ1) is 14.0. The summed E-state index contributed by atoms with van der Waals surface area (Å²) in [7, 11) is 0. The minimum absolute atomic E-state index is 0.354. The number of carbonyl (C=O) groups is 1. The highest BCUT2D eigenvalue weighted by Gasteiger charge is 2.17. The molecule has 0 spiro atoms. The van der Waals surface area contributed by atoms with Crippen molar-refractivity contribution in [1.29, 1.82) is 5.26 Å². The Morgan fingerprint density at radius 2 is 1.93 bits per heavy atom. The summed E-state index contributed by atoms with van der Waals surface area (Å²) in [5, 5.41) is 8.77. The summed E-state index contributed by atoms with van der Waals surface area (Å²) in [4.78, 5) is 11.2. The molecule has 86 valence electrons. The standard InChI is InChI=1S/C12H21NO2/c1-3-5-6-7-8-9-11(10-13)12(14)15-4-2/h11H,3-9H2,1-2H3. The second-order valence-corrected chi connectivity index (χ2v) is 3.64. The average molecular weight is 211 g/mol. The lowest BCUT2D eigenvalue weighted by molar-refractivity contribution is -0.146. The zero-order valence-corrected chi connectivity index (χ0v) is 9.79. The van der Waals surface area contributed by atoms with E-state index in [4.69, 9.17) is 10.00 Å². The zero-order chi connectivity index (χ0) is 11.5. The van der Waals surface area contributed by atoms with Crippen molar-refractivity contribution in [3.63, 3.8) is 0 Å². The van der Waals surface area contributed by atoms with Gasteiger partial charge < -0.3 is 4.74 Å². The number of hydrogen-bond donors (Lipinski definition) is 0. The molecule has 0 amide bonds. The fraction of sp³-hybridized carbons (Fsp3) is 0.833. The van der Waals surface area contributed by atoms with Gasteiger partial charge in [-0.05, 0) is 13.3 Å². The maximum Gasteiger partial charge on any atom is 0.323 e. The largest absolute Gasteiger partial charge is 0.465 e. The van der Waals surface area contributed by atoms with Gasteiger partial charge in [-0.2, -0.15) is 5.26 Å². The molecule has 0 aromatic carbocycles. The van der Waals surface area contributed by atoms with Crippen LogP contribution < -0.4 is 0 Å². The molecule has 0 aromatic rings. The molecule has 1 atom stereocenters. The minimum atomic E-state index is -0.563. The second-order valence-electron chi connectivity index (χ2n) is 3.64. The molecule has 0 radical (unpaired) electrons. The summed E-state index contributed by atoms with van der Waals surface area (Å²) in [5.41, 5.74) is 0. The van der Waals surface area contributed by atoms with Crippen molar-refractivity contribution in [2.75, 3.05) is 6.61 Å². The third-order valence-electron chi connectivity index (χ3n) is 2.32. The van der Waals surface area contributed by atoms with Crippen molar-refractivity contribution >= 4 is 5.97 Å². The number of carbonyl (C=O) groups excluding carboxylic acids is 1. The van der Waals surface area contributed by atoms with E-state index in [9.17, 15) is 4.79 Å². The lowest BCUT2D eigenvalue weighted by atomic mass is 10.0. The molecule has 0 bridgehead atoms. The predicted molar refractivity (Wildman–Crippen MR) is 59.1 cm³/mol. The molecule has 0 rings (SSSR count). The van der Waals surface area contributed by atoms with E-state index in [0.29, 0.717) is 13.0 Å². The van der Waals surface area contributed by atoms with Crippen LogP contribution in [0.1, 0.15) is 52.4 Å². The number of nitrogens with zero attached hydrogens (tertiary/aromatic N) is 1. The highest BCUT2D eigenvalue weighted by atomic mass is 16.5. The highest BCUT2D eigenvalue weighted by Crippen LogP contribution is 2.12. The molecular formula is C12H21NO2. The number of ether oxygens (including phenoxy) is 1. The van der Waals surface area contributed by atoms with Gasteiger partial charge in [0, 0.05) is 0 Å². The quantitative estimate of drug-likeness (QED) is 0.458. The molecule has 0 heterocycles. The Morgan fingerprint density at radius 1 is 1.27 bits per heavy atom. The molecule has 1 unspecified atom stereocenters. The van der Waals surface area contributed by atoms with Crippen LogP contribution in [0.15, 0.2) is 0 Å². The van der Waals surface area contributed by atoms with Gasteiger partial charge >= 0.3 is 5.97 Å². The minimum Gasteiger partial charge on any atom is -0.465 e. The molecule has 0 saturated heterocycles. The summed E-state index contributed by atoms with van der Waals surface area (Å²) < 4.78 is 4.81. The summed E-state index contributed by atoms with van der Waals surface area (Å²) >= 11 is 0. The first-order chi connectivity index (χ1) is 7.26. The summed E-state index contributed by atoms with van der Waals surface area (Å²) in [6, 6.07) is 2.00. The summed E-state index contributed by atoms with van der Waals surface area (Å²) in [6.07, 6.45) is 6.31. The summed E-state index contributed by atoms with van der Waals surface area (Å²) in [6.45, 7) is 4.27. The molecule has 0 aliphatic heterocycles. The van der Waals surface area contributed by atoms with Crippen molar-refractivity contribution in [2.24, 2.45) is 5.92 Å². The zero-order valence-electron chi connectivity index (χ0n) is 9.79. The van der Waals surface area contributed by atoms with Crippen molar-refractivity contribution < 1.29 is 9.53 Å². The van der Waals surface area contributed by atoms with Gasteiger partial charge in [0.2, 0.25) is 0 Å². The third kappa shape index (κ3) is 6.96. The van der Waals surface area contributed by atoms with Crippen LogP contribution in [0.5, 0.6) is 0 Å². The molecule has 0 saturated carbocycles. The molecule has 0 N–H and O–H groups in total. The van der Waals surface area contributed by atoms with Gasteiger partial charge in [-0.25, -0.2) is 0 Å². The average Bonchev–Trinajstić information content (AvgIpc) is 2.23. The Hall–Kier alpha value is -1.04. The summed E-state index contributed by atoms with van der Waals surface area (Å²) in [5.74, 6) is -0.929. The lowest BCUT2D eigenvalue weighted by Gasteiger charge is -2.07. The topological polar surface area (TPSA) is 50.1 Å². The Labute approximate surface area is 92.4 Å². The smallest absolute Gasteiger partial charge is 0.323 e. The number of nitriles is 1. The van der Waals surface area contributed by atoms with Crippen LogP contribution in [0, 0.1) is 17.2 Å². The van der Waals surface area contributed by atoms with Gasteiger partial charge in [-0.15, -0.1) is 0 Å². The molecule has 3 nitrogen and oxygen atoms in total. The van der Waals surface area contributed by atoms with E-state index in [-0.39, 0.29) is 5.97 Å². The normalized spacial score (nSPS) is 11.8. The van der Waals surface area contributed by atoms with E-state index >= 15 is 0 Å². The van der Waals surface area contributed by atoms with Gasteiger partial charge in [0.25, 0.3) is 0 Å². The van der Waals surface area contributed by atoms with E-state index < -0.39 is 5.92 Å². The van der Waals surface area contributed by atoms with Gasteiger partial charge in [0.05, 0.1) is 12.7 Å². The highest BCUT2D eigenvalue weighted by molar-refractivity contribution is 5.75. The molecular weight excluding hydrogens is 190 g/mol. The van der Waals surface area contributed by atoms with Crippen LogP contribution in [0.4, 0.5) is 0 Å². The van der Waals surface area contributed by atoms with E-state index in [1.807, 2.05) is 6.07 Å². The van der Waals surface area contributed by atoms with E-state index in [1.54, 1.807) is 6.92 Å². The Kier molecular flexibility index (Phi) is 8.85. The first-order valence-corrected chi connectivity index (χ1v) is 5.82. The van der Waals surface area contributed by atoms with E-state index in [0.717, 1.165) is 12.8 Å². The van der Waals surface area contributed by atoms with Gasteiger partial charge in [0.1, 0.15) is 5.92 Å². The SMILES string of the molecule is CCCCCCCC(C#N)C(=O)OCC. The van der Waals surface area contributed by atoms with Gasteiger partial charge in [-0.1, -0.05) is 39.0 Å². The van der Waals surface area contributed by atoms with Crippen molar-refractivity contribution in [3.05, 3.63) is 0 Å². The fourth-order valence-electron chi connectivity index (χ4n) is 1.43. The number of rotatable bonds is 8. The van der Waals surface area contributed by atoms with Crippen molar-refractivity contribution in [3.8, 4) is 6.07 Å². The van der Waals surface area contributed by atoms with Gasteiger partial charge in [-0.3, -0.25) is 4.79 Å². The molecule has 0 aliphatic carbocycles. The van der Waals surface area contributed by atoms with Crippen LogP contribution in [0.2, 0.25) is 0 Å². The molecule has 0 fully saturated rings. The Bertz CT molecular complexity index is 208. The number of unbranched alkanes of at least 4 members (excludes halogenated alkanes) is 4. The third-order valence-corrected chi connectivity index (χ3v) is 2.32. The molecule has 0 aromatic heterocycles. The second kappa shape index (κ2) is 9.51. The van der Waals surface area contributed by atoms with Crippen LogP contribution >= 0.6 is 0 Å². The molecule has 0 aliphatic rings. The Balaban J connectivity index is 3.62. The number of esters is 1. The van der Waals surface area contributed by atoms with Crippen LogP contribution in [-0.4, -0.2) is 12.6 Å². The van der Waals surface area contributed by atoms with Crippen LogP contribution in [0.25, 0.3) is 0 Å². The van der Waals surface area contributed by atoms with E-state index in [1.165, 1.54) is 19.3 Å². The van der Waals surface area contributed by atoms with Crippen molar-refractivity contribution in [1.82, 2.24) is 0 Å². The number of hydrogen-bond acceptors (Lipinski definition) is 3. The maximum atomic E-state index is 11.2. The monoisotopic (exact) mass is 211 g/mol. The predicted octanol–water partition coefficient (Wildman–Crippen LogP) is 3.05. The Morgan fingerprint density at radius 3 is 2.47 bits per heavy atom. The van der Waals surface area contributed by atoms with Crippen molar-refractivity contribution in [2.45, 2.75) is 52.4 Å². The molecule has 3 heteroatoms. The van der Waals surface area contributed by atoms with Gasteiger partial charge in [0.15, 0.2) is 0 Å². The first-order valence-electron chi connectivity index (χ1n) is 5.82. The molecule has 15 heavy (non-hydrogen) atoms. The van der Waals surface area contributed by atoms with Crippen LogP contribution in [-0.2, 0) is 9.53 Å². The lowest BCUT2D eigenvalue weighted by Crippen LogP contribution is -2.16. The van der Waals surface area contributed by atoms with E-state index in [2.05, 4.69) is 6.92 Å². The fourth-order valence-corrected chi connectivity index (χ4v) is 1.43. The van der Waals surface area contributed by atoms with Crippen LogP contribution in [0.3, 0.4) is 0 Å². The maximum absolute atomic E-state index is 11.2.